The molecule has 1 aromatic heterocycles. The first kappa shape index (κ1) is 23.0. The van der Waals surface area contributed by atoms with Crippen molar-refractivity contribution in [2.75, 3.05) is 18.5 Å². The van der Waals surface area contributed by atoms with Crippen LogP contribution in [0, 0.1) is 5.92 Å². The highest BCUT2D eigenvalue weighted by Crippen LogP contribution is 2.44. The molecule has 3 aromatic rings. The zero-order valence-corrected chi connectivity index (χ0v) is 18.7. The third-order valence-corrected chi connectivity index (χ3v) is 5.69. The molecular formula is C26H25N3O5. The number of carbonyl (C=O) groups excluding carboxylic acids is 2. The minimum absolute atomic E-state index is 0.0446. The molecular weight excluding hydrogens is 434 g/mol. The van der Waals surface area contributed by atoms with Gasteiger partial charge in [0.15, 0.2) is 0 Å². The number of carboxylic acids is 1. The molecule has 1 heterocycles. The molecule has 3 N–H and O–H groups in total. The lowest BCUT2D eigenvalue weighted by Gasteiger charge is -2.14. The maximum absolute atomic E-state index is 12.5. The average molecular weight is 460 g/mol. The van der Waals surface area contributed by atoms with Gasteiger partial charge in [0.05, 0.1) is 0 Å². The van der Waals surface area contributed by atoms with Crippen molar-refractivity contribution in [2.24, 2.45) is 5.92 Å². The maximum atomic E-state index is 12.5. The highest BCUT2D eigenvalue weighted by Gasteiger charge is 2.29. The number of carboxylic acid groups (broad SMARTS) is 1. The number of hydrogen-bond donors (Lipinski definition) is 3. The van der Waals surface area contributed by atoms with E-state index < -0.39 is 18.0 Å². The van der Waals surface area contributed by atoms with E-state index >= 15 is 0 Å². The van der Waals surface area contributed by atoms with Crippen molar-refractivity contribution < 1.29 is 24.2 Å². The van der Waals surface area contributed by atoms with Crippen LogP contribution in [0.2, 0.25) is 0 Å². The molecule has 0 bridgehead atoms. The van der Waals surface area contributed by atoms with Crippen molar-refractivity contribution in [1.29, 1.82) is 0 Å². The molecule has 0 spiro atoms. The Morgan fingerprint density at radius 3 is 2.26 bits per heavy atom. The molecule has 174 valence electrons. The van der Waals surface area contributed by atoms with Gasteiger partial charge in [-0.25, -0.2) is 9.78 Å². The van der Waals surface area contributed by atoms with Crippen LogP contribution in [0.4, 0.5) is 10.6 Å². The summed E-state index contributed by atoms with van der Waals surface area (Å²) in [5.74, 6) is -1.47. The number of ether oxygens (including phenoxy) is 1. The third kappa shape index (κ3) is 5.23. The number of fused-ring (bicyclic) bond motifs is 3. The van der Waals surface area contributed by atoms with Crippen molar-refractivity contribution in [3.63, 3.8) is 0 Å². The van der Waals surface area contributed by atoms with Crippen LogP contribution in [0.1, 0.15) is 40.9 Å². The van der Waals surface area contributed by atoms with Gasteiger partial charge in [-0.3, -0.25) is 14.9 Å². The Morgan fingerprint density at radius 1 is 0.971 bits per heavy atom. The smallest absolute Gasteiger partial charge is 0.412 e. The van der Waals surface area contributed by atoms with Gasteiger partial charge in [0.1, 0.15) is 18.1 Å². The Balaban J connectivity index is 1.35. The second-order valence-corrected chi connectivity index (χ2v) is 8.27. The minimum Gasteiger partial charge on any atom is -0.481 e. The number of nitrogens with zero attached hydrogens (tertiary/aromatic N) is 1. The molecule has 0 radical (unpaired) electrons. The molecule has 4 rings (SSSR count). The summed E-state index contributed by atoms with van der Waals surface area (Å²) < 4.78 is 5.51. The molecule has 1 aliphatic rings. The van der Waals surface area contributed by atoms with Gasteiger partial charge < -0.3 is 15.2 Å². The quantitative estimate of drug-likeness (QED) is 0.463. The van der Waals surface area contributed by atoms with Crippen LogP contribution in [0.5, 0.6) is 0 Å². The Morgan fingerprint density at radius 2 is 1.62 bits per heavy atom. The van der Waals surface area contributed by atoms with Crippen LogP contribution in [0.3, 0.4) is 0 Å². The zero-order chi connectivity index (χ0) is 24.1. The monoisotopic (exact) mass is 459 g/mol. The van der Waals surface area contributed by atoms with E-state index in [0.717, 1.165) is 22.3 Å². The SMILES string of the molecule is CC(CNC(=O)c1cccc(NC(=O)OCC2c3ccccc3-c3ccccc32)n1)CC(=O)O. The van der Waals surface area contributed by atoms with E-state index in [9.17, 15) is 14.4 Å². The second kappa shape index (κ2) is 10.2. The highest BCUT2D eigenvalue weighted by molar-refractivity contribution is 5.93. The Hall–Kier alpha value is -4.20. The largest absolute Gasteiger partial charge is 0.481 e. The number of nitrogens with one attached hydrogen (secondary N) is 2. The van der Waals surface area contributed by atoms with E-state index in [1.807, 2.05) is 36.4 Å². The van der Waals surface area contributed by atoms with Crippen LogP contribution in [0.15, 0.2) is 66.7 Å². The predicted octanol–water partition coefficient (Wildman–Crippen LogP) is 4.28. The van der Waals surface area contributed by atoms with Crippen LogP contribution >= 0.6 is 0 Å². The molecule has 0 saturated carbocycles. The summed E-state index contributed by atoms with van der Waals surface area (Å²) in [5.41, 5.74) is 4.63. The molecule has 0 aliphatic heterocycles. The summed E-state index contributed by atoms with van der Waals surface area (Å²) in [5, 5.41) is 14.0. The first-order valence-electron chi connectivity index (χ1n) is 11.0. The van der Waals surface area contributed by atoms with Crippen molar-refractivity contribution in [2.45, 2.75) is 19.3 Å². The van der Waals surface area contributed by atoms with E-state index in [2.05, 4.69) is 27.8 Å². The number of carbonyl (C=O) groups is 3. The minimum atomic E-state index is -0.922. The number of anilines is 1. The molecule has 1 aliphatic carbocycles. The summed E-state index contributed by atoms with van der Waals surface area (Å²) in [4.78, 5) is 39.7. The van der Waals surface area contributed by atoms with E-state index in [-0.39, 0.29) is 42.9 Å². The normalized spacial score (nSPS) is 12.9. The van der Waals surface area contributed by atoms with Crippen molar-refractivity contribution in [3.8, 4) is 11.1 Å². The van der Waals surface area contributed by atoms with E-state index in [1.165, 1.54) is 6.07 Å². The number of hydrogen-bond acceptors (Lipinski definition) is 5. The van der Waals surface area contributed by atoms with Gasteiger partial charge in [-0.2, -0.15) is 0 Å². The lowest BCUT2D eigenvalue weighted by molar-refractivity contribution is -0.137. The number of pyridine rings is 1. The average Bonchev–Trinajstić information content (AvgIpc) is 3.15. The van der Waals surface area contributed by atoms with Crippen molar-refractivity contribution >= 4 is 23.8 Å². The number of amides is 2. The van der Waals surface area contributed by atoms with Crippen LogP contribution in [-0.4, -0.2) is 41.2 Å². The summed E-state index contributed by atoms with van der Waals surface area (Å²) in [7, 11) is 0. The van der Waals surface area contributed by atoms with Crippen LogP contribution < -0.4 is 10.6 Å². The van der Waals surface area contributed by atoms with Crippen molar-refractivity contribution in [1.82, 2.24) is 10.3 Å². The van der Waals surface area contributed by atoms with Gasteiger partial charge in [0, 0.05) is 18.9 Å². The third-order valence-electron chi connectivity index (χ3n) is 5.69. The zero-order valence-electron chi connectivity index (χ0n) is 18.7. The molecule has 2 amide bonds. The molecule has 1 atom stereocenters. The number of aromatic nitrogens is 1. The summed E-state index contributed by atoms with van der Waals surface area (Å²) in [6.45, 7) is 2.11. The van der Waals surface area contributed by atoms with E-state index in [1.54, 1.807) is 19.1 Å². The molecule has 0 saturated heterocycles. The fraction of sp³-hybridized carbons (Fsp3) is 0.231. The van der Waals surface area contributed by atoms with E-state index in [0.29, 0.717) is 0 Å². The first-order chi connectivity index (χ1) is 16.4. The van der Waals surface area contributed by atoms with Gasteiger partial charge in [-0.1, -0.05) is 61.5 Å². The fourth-order valence-corrected chi connectivity index (χ4v) is 4.10. The highest BCUT2D eigenvalue weighted by atomic mass is 16.5. The summed E-state index contributed by atoms with van der Waals surface area (Å²) in [6.07, 6.45) is -0.709. The van der Waals surface area contributed by atoms with Crippen molar-refractivity contribution in [3.05, 3.63) is 83.6 Å². The Labute approximate surface area is 197 Å². The second-order valence-electron chi connectivity index (χ2n) is 8.27. The summed E-state index contributed by atoms with van der Waals surface area (Å²) in [6, 6.07) is 20.8. The maximum Gasteiger partial charge on any atom is 0.412 e. The molecule has 8 heteroatoms. The Kier molecular flexibility index (Phi) is 6.87. The number of aliphatic carboxylic acids is 1. The predicted molar refractivity (Wildman–Crippen MR) is 127 cm³/mol. The van der Waals surface area contributed by atoms with Gasteiger partial charge in [0.2, 0.25) is 0 Å². The number of rotatable bonds is 8. The molecule has 1 unspecified atom stereocenters. The number of benzene rings is 2. The topological polar surface area (TPSA) is 118 Å². The Bertz CT molecular complexity index is 1180. The van der Waals surface area contributed by atoms with Gasteiger partial charge in [-0.05, 0) is 40.3 Å². The van der Waals surface area contributed by atoms with Crippen LogP contribution in [0.25, 0.3) is 11.1 Å². The van der Waals surface area contributed by atoms with Gasteiger partial charge in [0.25, 0.3) is 5.91 Å². The van der Waals surface area contributed by atoms with E-state index in [4.69, 9.17) is 9.84 Å². The summed E-state index contributed by atoms with van der Waals surface area (Å²) >= 11 is 0. The molecule has 8 nitrogen and oxygen atoms in total. The molecule has 34 heavy (non-hydrogen) atoms. The lowest BCUT2D eigenvalue weighted by Crippen LogP contribution is -2.30. The van der Waals surface area contributed by atoms with Gasteiger partial charge >= 0.3 is 12.1 Å². The molecule has 2 aromatic carbocycles. The van der Waals surface area contributed by atoms with Gasteiger partial charge in [-0.15, -0.1) is 0 Å². The standard InChI is InChI=1S/C26H25N3O5/c1-16(13-24(30)31)14-27-25(32)22-11-6-12-23(28-22)29-26(33)34-15-21-19-9-4-2-7-17(19)18-8-3-5-10-20(18)21/h2-12,16,21H,13-15H2,1H3,(H,27,32)(H,30,31)(H,28,29,33). The fourth-order valence-electron chi connectivity index (χ4n) is 4.10. The van der Waals surface area contributed by atoms with Crippen LogP contribution in [-0.2, 0) is 9.53 Å². The molecule has 0 fully saturated rings. The first-order valence-corrected chi connectivity index (χ1v) is 11.0. The lowest BCUT2D eigenvalue weighted by atomic mass is 9.98.